The van der Waals surface area contributed by atoms with Gasteiger partial charge in [0.05, 0.1) is 37.7 Å². The van der Waals surface area contributed by atoms with Gasteiger partial charge >= 0.3 is 0 Å². The van der Waals surface area contributed by atoms with Gasteiger partial charge in [-0.15, -0.1) is 0 Å². The standard InChI is InChI=1S/C12H13BrN2O3/c1-16-10-4-7-8(5-11(10)17-2)15-12(18-3)9(6-13)14-7/h4-5H,6H2,1-3H3. The van der Waals surface area contributed by atoms with Crippen LogP contribution in [0.5, 0.6) is 17.4 Å². The molecule has 0 aliphatic heterocycles. The number of ether oxygens (including phenoxy) is 3. The number of rotatable bonds is 4. The van der Waals surface area contributed by atoms with Crippen molar-refractivity contribution in [3.8, 4) is 17.4 Å². The Labute approximate surface area is 113 Å². The molecule has 0 amide bonds. The van der Waals surface area contributed by atoms with Crippen molar-refractivity contribution >= 4 is 27.0 Å². The maximum Gasteiger partial charge on any atom is 0.236 e. The van der Waals surface area contributed by atoms with Crippen LogP contribution < -0.4 is 14.2 Å². The van der Waals surface area contributed by atoms with Gasteiger partial charge in [0.1, 0.15) is 5.69 Å². The van der Waals surface area contributed by atoms with Gasteiger partial charge in [-0.3, -0.25) is 0 Å². The summed E-state index contributed by atoms with van der Waals surface area (Å²) in [7, 11) is 4.75. The quantitative estimate of drug-likeness (QED) is 0.812. The van der Waals surface area contributed by atoms with Crippen molar-refractivity contribution in [2.45, 2.75) is 5.33 Å². The Morgan fingerprint density at radius 3 is 1.94 bits per heavy atom. The maximum atomic E-state index is 5.24. The van der Waals surface area contributed by atoms with Gasteiger partial charge in [-0.05, 0) is 0 Å². The number of halogens is 1. The molecule has 0 N–H and O–H groups in total. The van der Waals surface area contributed by atoms with Gasteiger partial charge in [0, 0.05) is 12.1 Å². The van der Waals surface area contributed by atoms with Crippen molar-refractivity contribution in [2.24, 2.45) is 0 Å². The summed E-state index contributed by atoms with van der Waals surface area (Å²) in [5.41, 5.74) is 2.19. The van der Waals surface area contributed by atoms with Crippen LogP contribution in [0.1, 0.15) is 5.69 Å². The first-order valence-corrected chi connectivity index (χ1v) is 6.38. The monoisotopic (exact) mass is 312 g/mol. The molecule has 0 aliphatic carbocycles. The highest BCUT2D eigenvalue weighted by atomic mass is 79.9. The molecule has 18 heavy (non-hydrogen) atoms. The summed E-state index contributed by atoms with van der Waals surface area (Å²) in [5.74, 6) is 1.75. The number of hydrogen-bond donors (Lipinski definition) is 0. The van der Waals surface area contributed by atoms with Gasteiger partial charge in [0.25, 0.3) is 0 Å². The number of aromatic nitrogens is 2. The van der Waals surface area contributed by atoms with Crippen molar-refractivity contribution in [1.29, 1.82) is 0 Å². The second-order valence-electron chi connectivity index (χ2n) is 3.51. The molecule has 1 aromatic carbocycles. The van der Waals surface area contributed by atoms with Gasteiger partial charge in [-0.25, -0.2) is 9.97 Å². The summed E-state index contributed by atoms with van der Waals surface area (Å²) in [6.45, 7) is 0. The molecule has 96 valence electrons. The van der Waals surface area contributed by atoms with Crippen molar-refractivity contribution in [1.82, 2.24) is 9.97 Å². The third-order valence-corrected chi connectivity index (χ3v) is 3.06. The third-order valence-electron chi connectivity index (χ3n) is 2.52. The first-order chi connectivity index (χ1) is 8.73. The predicted molar refractivity (Wildman–Crippen MR) is 71.8 cm³/mol. The number of benzene rings is 1. The van der Waals surface area contributed by atoms with Crippen molar-refractivity contribution in [3.05, 3.63) is 17.8 Å². The molecule has 2 rings (SSSR count). The average molecular weight is 313 g/mol. The first-order valence-electron chi connectivity index (χ1n) is 5.26. The minimum Gasteiger partial charge on any atom is -0.493 e. The third kappa shape index (κ3) is 2.20. The average Bonchev–Trinajstić information content (AvgIpc) is 2.43. The van der Waals surface area contributed by atoms with Gasteiger partial charge in [0.15, 0.2) is 11.5 Å². The summed E-state index contributed by atoms with van der Waals surface area (Å²) >= 11 is 3.36. The number of nitrogens with zero attached hydrogens (tertiary/aromatic N) is 2. The summed E-state index contributed by atoms with van der Waals surface area (Å²) in [6, 6.07) is 3.58. The molecule has 0 bridgehead atoms. The fraction of sp³-hybridized carbons (Fsp3) is 0.333. The zero-order chi connectivity index (χ0) is 13.1. The fourth-order valence-electron chi connectivity index (χ4n) is 1.65. The molecule has 0 unspecified atom stereocenters. The Morgan fingerprint density at radius 2 is 1.50 bits per heavy atom. The predicted octanol–water partition coefficient (Wildman–Crippen LogP) is 2.55. The van der Waals surface area contributed by atoms with Crippen LogP contribution in [-0.2, 0) is 5.33 Å². The normalized spacial score (nSPS) is 10.4. The van der Waals surface area contributed by atoms with E-state index in [4.69, 9.17) is 14.2 Å². The number of alkyl halides is 1. The smallest absolute Gasteiger partial charge is 0.236 e. The Bertz CT molecular complexity index is 477. The van der Waals surface area contributed by atoms with Gasteiger partial charge in [0.2, 0.25) is 5.88 Å². The van der Waals surface area contributed by atoms with Crippen molar-refractivity contribution in [2.75, 3.05) is 21.3 Å². The van der Waals surface area contributed by atoms with Crippen molar-refractivity contribution in [3.63, 3.8) is 0 Å². The highest BCUT2D eigenvalue weighted by molar-refractivity contribution is 9.08. The van der Waals surface area contributed by atoms with Crippen LogP contribution in [0, 0.1) is 0 Å². The van der Waals surface area contributed by atoms with Gasteiger partial charge in [-0.2, -0.15) is 0 Å². The lowest BCUT2D eigenvalue weighted by Gasteiger charge is -2.10. The molecule has 0 fully saturated rings. The Kier molecular flexibility index (Phi) is 3.86. The summed E-state index contributed by atoms with van der Waals surface area (Å²) in [4.78, 5) is 8.88. The van der Waals surface area contributed by atoms with Crippen LogP contribution in [0.4, 0.5) is 0 Å². The zero-order valence-corrected chi connectivity index (χ0v) is 11.9. The lowest BCUT2D eigenvalue weighted by Crippen LogP contribution is -1.99. The van der Waals surface area contributed by atoms with E-state index >= 15 is 0 Å². The highest BCUT2D eigenvalue weighted by Gasteiger charge is 2.12. The van der Waals surface area contributed by atoms with E-state index in [2.05, 4.69) is 25.9 Å². The summed E-state index contributed by atoms with van der Waals surface area (Å²) in [5, 5.41) is 0.577. The molecule has 1 aromatic heterocycles. The zero-order valence-electron chi connectivity index (χ0n) is 10.4. The molecule has 2 aromatic rings. The molecule has 0 aliphatic rings. The molecule has 0 saturated carbocycles. The second kappa shape index (κ2) is 5.39. The van der Waals surface area contributed by atoms with Gasteiger partial charge < -0.3 is 14.2 Å². The van der Waals surface area contributed by atoms with Gasteiger partial charge in [-0.1, -0.05) is 15.9 Å². The lowest BCUT2D eigenvalue weighted by atomic mass is 10.2. The van der Waals surface area contributed by atoms with Crippen LogP contribution in [0.25, 0.3) is 11.0 Å². The molecule has 0 atom stereocenters. The van der Waals surface area contributed by atoms with E-state index in [1.54, 1.807) is 33.5 Å². The number of methoxy groups -OCH3 is 3. The Morgan fingerprint density at radius 1 is 0.944 bits per heavy atom. The summed E-state index contributed by atoms with van der Waals surface area (Å²) in [6.07, 6.45) is 0. The molecular formula is C12H13BrN2O3. The molecule has 6 heteroatoms. The van der Waals surface area contributed by atoms with Crippen molar-refractivity contribution < 1.29 is 14.2 Å². The number of fused-ring (bicyclic) bond motifs is 1. The van der Waals surface area contributed by atoms with Crippen LogP contribution in [-0.4, -0.2) is 31.3 Å². The van der Waals surface area contributed by atoms with E-state index in [1.807, 2.05) is 0 Å². The van der Waals surface area contributed by atoms with E-state index < -0.39 is 0 Å². The Balaban J connectivity index is 2.69. The highest BCUT2D eigenvalue weighted by Crippen LogP contribution is 2.32. The minimum atomic E-state index is 0.506. The Hall–Kier alpha value is -1.56. The van der Waals surface area contributed by atoms with E-state index in [0.717, 1.165) is 11.2 Å². The maximum absolute atomic E-state index is 5.24. The summed E-state index contributed by atoms with van der Waals surface area (Å²) < 4.78 is 15.7. The largest absolute Gasteiger partial charge is 0.493 e. The molecule has 5 nitrogen and oxygen atoms in total. The van der Waals surface area contributed by atoms with E-state index in [0.29, 0.717) is 28.2 Å². The van der Waals surface area contributed by atoms with Crippen LogP contribution in [0.15, 0.2) is 12.1 Å². The van der Waals surface area contributed by atoms with Crippen LogP contribution in [0.3, 0.4) is 0 Å². The number of hydrogen-bond acceptors (Lipinski definition) is 5. The topological polar surface area (TPSA) is 53.5 Å². The first kappa shape index (κ1) is 12.9. The minimum absolute atomic E-state index is 0.506. The fourth-order valence-corrected chi connectivity index (χ4v) is 2.02. The van der Waals surface area contributed by atoms with E-state index in [9.17, 15) is 0 Å². The molecule has 0 spiro atoms. The molecular weight excluding hydrogens is 300 g/mol. The lowest BCUT2D eigenvalue weighted by molar-refractivity contribution is 0.355. The molecule has 0 saturated heterocycles. The second-order valence-corrected chi connectivity index (χ2v) is 4.07. The molecule has 0 radical (unpaired) electrons. The molecule has 1 heterocycles. The van der Waals surface area contributed by atoms with E-state index in [1.165, 1.54) is 0 Å². The SMILES string of the molecule is COc1cc2nc(CBr)c(OC)nc2cc1OC. The van der Waals surface area contributed by atoms with E-state index in [-0.39, 0.29) is 0 Å². The van der Waals surface area contributed by atoms with Crippen LogP contribution in [0.2, 0.25) is 0 Å². The van der Waals surface area contributed by atoms with Crippen LogP contribution >= 0.6 is 15.9 Å².